The monoisotopic (exact) mass is 284 g/mol. The van der Waals surface area contributed by atoms with Crippen LogP contribution in [0.4, 0.5) is 11.5 Å². The molecule has 0 spiro atoms. The lowest BCUT2D eigenvalue weighted by Crippen LogP contribution is -1.98. The topological polar surface area (TPSA) is 50.7 Å². The smallest absolute Gasteiger partial charge is 0.152 e. The van der Waals surface area contributed by atoms with Crippen molar-refractivity contribution in [3.05, 3.63) is 53.6 Å². The number of nitrogens with zero attached hydrogens (tertiary/aromatic N) is 3. The van der Waals surface area contributed by atoms with Gasteiger partial charge in [0.15, 0.2) is 11.0 Å². The number of nitrogens with one attached hydrogen (secondary N) is 1. The Morgan fingerprint density at radius 2 is 2.10 bits per heavy atom. The van der Waals surface area contributed by atoms with E-state index in [1.807, 2.05) is 37.3 Å². The fraction of sp³-hybridized carbons (Fsp3) is 0.133. The predicted molar refractivity (Wildman–Crippen MR) is 81.4 cm³/mol. The third-order valence-corrected chi connectivity index (χ3v) is 3.32. The molecule has 4 nitrogen and oxygen atoms in total. The molecule has 20 heavy (non-hydrogen) atoms. The number of aryl methyl sites for hydroxylation is 1. The average Bonchev–Trinajstić information content (AvgIpc) is 2.47. The van der Waals surface area contributed by atoms with Gasteiger partial charge in [-0.2, -0.15) is 0 Å². The summed E-state index contributed by atoms with van der Waals surface area (Å²) in [5.41, 5.74) is 2.64. The number of hydrogen-bond donors (Lipinski definition) is 1. The standard InChI is InChI=1S/C15H13ClN4/c1-2-12-15(16)20-14(9-18-12)19-11-6-5-10-4-3-7-17-13(10)8-11/h3-9H,2H2,1H3,(H,19,20). The summed E-state index contributed by atoms with van der Waals surface area (Å²) < 4.78 is 0. The van der Waals surface area contributed by atoms with Crippen molar-refractivity contribution in [2.75, 3.05) is 5.32 Å². The van der Waals surface area contributed by atoms with Gasteiger partial charge in [0.2, 0.25) is 0 Å². The van der Waals surface area contributed by atoms with Crippen LogP contribution in [0.1, 0.15) is 12.6 Å². The minimum Gasteiger partial charge on any atom is -0.339 e. The van der Waals surface area contributed by atoms with E-state index in [0.29, 0.717) is 11.0 Å². The molecule has 1 N–H and O–H groups in total. The molecule has 100 valence electrons. The lowest BCUT2D eigenvalue weighted by molar-refractivity contribution is 1.00. The van der Waals surface area contributed by atoms with Crippen LogP contribution in [0.15, 0.2) is 42.7 Å². The number of rotatable bonds is 3. The van der Waals surface area contributed by atoms with Crippen LogP contribution in [0.2, 0.25) is 5.15 Å². The van der Waals surface area contributed by atoms with Gasteiger partial charge in [0, 0.05) is 17.3 Å². The fourth-order valence-electron chi connectivity index (χ4n) is 1.98. The van der Waals surface area contributed by atoms with Crippen LogP contribution in [0.3, 0.4) is 0 Å². The molecule has 0 unspecified atom stereocenters. The first-order valence-corrected chi connectivity index (χ1v) is 6.77. The maximum absolute atomic E-state index is 6.06. The number of halogens is 1. The van der Waals surface area contributed by atoms with Crippen molar-refractivity contribution in [3.8, 4) is 0 Å². The van der Waals surface area contributed by atoms with E-state index in [4.69, 9.17) is 11.6 Å². The molecule has 3 rings (SSSR count). The molecule has 1 aromatic carbocycles. The predicted octanol–water partition coefficient (Wildman–Crippen LogP) is 3.98. The van der Waals surface area contributed by atoms with E-state index in [9.17, 15) is 0 Å². The first-order valence-electron chi connectivity index (χ1n) is 6.39. The largest absolute Gasteiger partial charge is 0.339 e. The highest BCUT2D eigenvalue weighted by Crippen LogP contribution is 2.21. The van der Waals surface area contributed by atoms with Crippen LogP contribution in [-0.4, -0.2) is 15.0 Å². The van der Waals surface area contributed by atoms with E-state index in [-0.39, 0.29) is 0 Å². The van der Waals surface area contributed by atoms with Gasteiger partial charge >= 0.3 is 0 Å². The average molecular weight is 285 g/mol. The zero-order valence-electron chi connectivity index (χ0n) is 11.0. The lowest BCUT2D eigenvalue weighted by Gasteiger charge is -2.07. The number of benzene rings is 1. The van der Waals surface area contributed by atoms with E-state index < -0.39 is 0 Å². The van der Waals surface area contributed by atoms with Gasteiger partial charge in [-0.15, -0.1) is 0 Å². The molecule has 0 fully saturated rings. The summed E-state index contributed by atoms with van der Waals surface area (Å²) in [6.07, 6.45) is 4.23. The Kier molecular flexibility index (Phi) is 3.48. The van der Waals surface area contributed by atoms with Crippen LogP contribution in [0.5, 0.6) is 0 Å². The summed E-state index contributed by atoms with van der Waals surface area (Å²) >= 11 is 6.06. The number of pyridine rings is 1. The summed E-state index contributed by atoms with van der Waals surface area (Å²) in [4.78, 5) is 12.9. The maximum Gasteiger partial charge on any atom is 0.152 e. The highest BCUT2D eigenvalue weighted by atomic mass is 35.5. The molecule has 5 heteroatoms. The number of anilines is 2. The van der Waals surface area contributed by atoms with E-state index in [1.165, 1.54) is 0 Å². The van der Waals surface area contributed by atoms with Gasteiger partial charge in [0.1, 0.15) is 0 Å². The summed E-state index contributed by atoms with van der Waals surface area (Å²) in [5, 5.41) is 4.73. The van der Waals surface area contributed by atoms with Crippen molar-refractivity contribution in [3.63, 3.8) is 0 Å². The number of fused-ring (bicyclic) bond motifs is 1. The third kappa shape index (κ3) is 2.56. The van der Waals surface area contributed by atoms with Gasteiger partial charge in [0.05, 0.1) is 17.4 Å². The minimum atomic E-state index is 0.441. The molecule has 0 saturated heterocycles. The second kappa shape index (κ2) is 5.43. The lowest BCUT2D eigenvalue weighted by atomic mass is 10.2. The van der Waals surface area contributed by atoms with E-state index in [0.717, 1.165) is 28.7 Å². The molecule has 2 heterocycles. The summed E-state index contributed by atoms with van der Waals surface area (Å²) in [7, 11) is 0. The Hall–Kier alpha value is -2.20. The normalized spacial score (nSPS) is 10.7. The van der Waals surface area contributed by atoms with E-state index in [2.05, 4.69) is 20.3 Å². The van der Waals surface area contributed by atoms with Gasteiger partial charge in [-0.25, -0.2) is 4.98 Å². The molecule has 0 radical (unpaired) electrons. The Bertz CT molecular complexity index is 758. The Balaban J connectivity index is 1.90. The van der Waals surface area contributed by atoms with Crippen molar-refractivity contribution in [1.29, 1.82) is 0 Å². The van der Waals surface area contributed by atoms with Crippen molar-refractivity contribution >= 4 is 34.0 Å². The molecule has 0 aliphatic rings. The van der Waals surface area contributed by atoms with Gasteiger partial charge < -0.3 is 5.32 Å². The molecule has 0 saturated carbocycles. The molecule has 0 amide bonds. The first kappa shape index (κ1) is 12.8. The van der Waals surface area contributed by atoms with Crippen molar-refractivity contribution in [1.82, 2.24) is 15.0 Å². The van der Waals surface area contributed by atoms with Crippen LogP contribution in [0.25, 0.3) is 10.9 Å². The van der Waals surface area contributed by atoms with Crippen molar-refractivity contribution < 1.29 is 0 Å². The molecule has 0 aliphatic carbocycles. The third-order valence-electron chi connectivity index (χ3n) is 3.01. The molecule has 0 aliphatic heterocycles. The van der Waals surface area contributed by atoms with E-state index in [1.54, 1.807) is 12.4 Å². The summed E-state index contributed by atoms with van der Waals surface area (Å²) in [6, 6.07) is 9.91. The van der Waals surface area contributed by atoms with Crippen molar-refractivity contribution in [2.24, 2.45) is 0 Å². The molecular weight excluding hydrogens is 272 g/mol. The van der Waals surface area contributed by atoms with Crippen molar-refractivity contribution in [2.45, 2.75) is 13.3 Å². The van der Waals surface area contributed by atoms with Crippen LogP contribution in [0, 0.1) is 0 Å². The van der Waals surface area contributed by atoms with Crippen LogP contribution < -0.4 is 5.32 Å². The highest BCUT2D eigenvalue weighted by molar-refractivity contribution is 6.30. The Morgan fingerprint density at radius 3 is 2.90 bits per heavy atom. The van der Waals surface area contributed by atoms with Crippen LogP contribution in [-0.2, 0) is 6.42 Å². The second-order valence-electron chi connectivity index (χ2n) is 4.38. The molecule has 0 atom stereocenters. The number of hydrogen-bond acceptors (Lipinski definition) is 4. The van der Waals surface area contributed by atoms with Gasteiger partial charge in [-0.3, -0.25) is 9.97 Å². The van der Waals surface area contributed by atoms with Gasteiger partial charge in [-0.1, -0.05) is 30.7 Å². The molecular formula is C15H13ClN4. The summed E-state index contributed by atoms with van der Waals surface area (Å²) in [6.45, 7) is 2.00. The quantitative estimate of drug-likeness (QED) is 0.790. The zero-order valence-corrected chi connectivity index (χ0v) is 11.7. The van der Waals surface area contributed by atoms with Gasteiger partial charge in [-0.05, 0) is 24.6 Å². The fourth-order valence-corrected chi connectivity index (χ4v) is 2.25. The highest BCUT2D eigenvalue weighted by Gasteiger charge is 2.04. The second-order valence-corrected chi connectivity index (χ2v) is 4.74. The number of aromatic nitrogens is 3. The van der Waals surface area contributed by atoms with Gasteiger partial charge in [0.25, 0.3) is 0 Å². The first-order chi connectivity index (χ1) is 9.76. The SMILES string of the molecule is CCc1ncc(Nc2ccc3cccnc3c2)nc1Cl. The Morgan fingerprint density at radius 1 is 1.20 bits per heavy atom. The molecule has 0 bridgehead atoms. The maximum atomic E-state index is 6.06. The van der Waals surface area contributed by atoms with Crippen LogP contribution >= 0.6 is 11.6 Å². The molecule has 3 aromatic rings. The zero-order chi connectivity index (χ0) is 13.9. The molecule has 2 aromatic heterocycles. The minimum absolute atomic E-state index is 0.441. The summed E-state index contributed by atoms with van der Waals surface area (Å²) in [5.74, 6) is 0.627. The van der Waals surface area contributed by atoms with E-state index >= 15 is 0 Å². The Labute approximate surface area is 121 Å².